The molecule has 0 aliphatic rings. The fourth-order valence-electron chi connectivity index (χ4n) is 2.07. The molecule has 0 aliphatic carbocycles. The van der Waals surface area contributed by atoms with E-state index in [2.05, 4.69) is 0 Å². The predicted molar refractivity (Wildman–Crippen MR) is 79.3 cm³/mol. The van der Waals surface area contributed by atoms with E-state index in [0.29, 0.717) is 10.2 Å². The van der Waals surface area contributed by atoms with Crippen molar-refractivity contribution in [2.24, 2.45) is 0 Å². The number of thioether (sulfide) groups is 1. The first-order chi connectivity index (χ1) is 9.76. The van der Waals surface area contributed by atoms with Crippen LogP contribution in [0.25, 0.3) is 10.2 Å². The summed E-state index contributed by atoms with van der Waals surface area (Å²) in [5.74, 6) is -0.266. The fourth-order valence-corrected chi connectivity index (χ4v) is 3.65. The number of hydrogen-bond acceptors (Lipinski definition) is 4. The maximum Gasteiger partial charge on any atom is 0.441 e. The van der Waals surface area contributed by atoms with Crippen molar-refractivity contribution in [3.8, 4) is 0 Å². The predicted octanol–water partition coefficient (Wildman–Crippen LogP) is 2.81. The average molecular weight is 338 g/mol. The first-order valence-corrected chi connectivity index (χ1v) is 8.05. The van der Waals surface area contributed by atoms with Gasteiger partial charge in [-0.1, -0.05) is 0 Å². The molecule has 0 saturated heterocycles. The van der Waals surface area contributed by atoms with E-state index >= 15 is 0 Å². The molecule has 0 N–H and O–H groups in total. The third-order valence-electron chi connectivity index (χ3n) is 3.02. The number of rotatable bonds is 4. The lowest BCUT2D eigenvalue weighted by atomic mass is 10.2. The van der Waals surface area contributed by atoms with Gasteiger partial charge in [-0.15, -0.1) is 11.3 Å². The van der Waals surface area contributed by atoms with Crippen LogP contribution in [-0.4, -0.2) is 20.4 Å². The van der Waals surface area contributed by atoms with Crippen molar-refractivity contribution < 1.29 is 13.2 Å². The zero-order chi connectivity index (χ0) is 15.8. The Labute approximate surface area is 126 Å². The molecule has 0 bridgehead atoms. The van der Waals surface area contributed by atoms with Gasteiger partial charge in [0.25, 0.3) is 5.56 Å². The van der Waals surface area contributed by atoms with E-state index in [1.165, 1.54) is 15.9 Å². The molecule has 0 fully saturated rings. The molecule has 0 aromatic carbocycles. The highest BCUT2D eigenvalue weighted by Gasteiger charge is 2.28. The number of nitrogens with zero attached hydrogens (tertiary/aromatic N) is 2. The van der Waals surface area contributed by atoms with Crippen LogP contribution >= 0.6 is 23.1 Å². The Kier molecular flexibility index (Phi) is 4.52. The molecule has 2 heterocycles. The smallest absolute Gasteiger partial charge is 0.283 e. The van der Waals surface area contributed by atoms with Crippen LogP contribution < -0.4 is 11.2 Å². The Morgan fingerprint density at radius 1 is 1.29 bits per heavy atom. The summed E-state index contributed by atoms with van der Waals surface area (Å²) in [6.07, 6.45) is 0. The second-order valence-corrected chi connectivity index (χ2v) is 6.39. The summed E-state index contributed by atoms with van der Waals surface area (Å²) in [6.45, 7) is 3.51. The summed E-state index contributed by atoms with van der Waals surface area (Å²) in [4.78, 5) is 24.9. The molecule has 0 saturated carbocycles. The van der Waals surface area contributed by atoms with Gasteiger partial charge in [-0.3, -0.25) is 13.9 Å². The highest BCUT2D eigenvalue weighted by Crippen LogP contribution is 2.30. The zero-order valence-electron chi connectivity index (χ0n) is 11.4. The molecular weight excluding hydrogens is 325 g/mol. The van der Waals surface area contributed by atoms with E-state index in [0.717, 1.165) is 10.1 Å². The number of aryl methyl sites for hydroxylation is 2. The van der Waals surface area contributed by atoms with Crippen LogP contribution in [0.15, 0.2) is 15.0 Å². The molecule has 9 heteroatoms. The van der Waals surface area contributed by atoms with Gasteiger partial charge in [-0.2, -0.15) is 13.2 Å². The molecule has 0 unspecified atom stereocenters. The number of halogens is 3. The maximum atomic E-state index is 12.2. The summed E-state index contributed by atoms with van der Waals surface area (Å²) in [5, 5.41) is 2.15. The van der Waals surface area contributed by atoms with E-state index in [1.54, 1.807) is 19.2 Å². The topological polar surface area (TPSA) is 44.0 Å². The van der Waals surface area contributed by atoms with Gasteiger partial charge in [0.1, 0.15) is 4.83 Å². The van der Waals surface area contributed by atoms with Gasteiger partial charge < -0.3 is 0 Å². The molecular formula is C12H13F3N2O2S2. The normalized spacial score (nSPS) is 12.2. The average Bonchev–Trinajstić information content (AvgIpc) is 2.75. The Morgan fingerprint density at radius 2 is 1.95 bits per heavy atom. The second-order valence-electron chi connectivity index (χ2n) is 4.38. The third-order valence-corrected chi connectivity index (χ3v) is 4.85. The van der Waals surface area contributed by atoms with Crippen LogP contribution in [0, 0.1) is 6.92 Å². The van der Waals surface area contributed by atoms with Gasteiger partial charge in [0, 0.05) is 18.8 Å². The van der Waals surface area contributed by atoms with Gasteiger partial charge in [0.15, 0.2) is 0 Å². The molecule has 0 atom stereocenters. The van der Waals surface area contributed by atoms with Crippen LogP contribution in [0.5, 0.6) is 0 Å². The molecule has 21 heavy (non-hydrogen) atoms. The Bertz CT molecular complexity index is 774. The van der Waals surface area contributed by atoms with Gasteiger partial charge in [-0.05, 0) is 36.6 Å². The number of aromatic nitrogens is 2. The van der Waals surface area contributed by atoms with Crippen LogP contribution in [0.4, 0.5) is 13.2 Å². The van der Waals surface area contributed by atoms with E-state index in [-0.39, 0.29) is 36.2 Å². The minimum atomic E-state index is -4.33. The monoisotopic (exact) mass is 338 g/mol. The summed E-state index contributed by atoms with van der Waals surface area (Å²) < 4.78 is 38.9. The van der Waals surface area contributed by atoms with E-state index in [4.69, 9.17) is 0 Å². The highest BCUT2D eigenvalue weighted by atomic mass is 32.2. The van der Waals surface area contributed by atoms with Crippen LogP contribution in [0.3, 0.4) is 0 Å². The van der Waals surface area contributed by atoms with Crippen LogP contribution in [0.2, 0.25) is 0 Å². The summed E-state index contributed by atoms with van der Waals surface area (Å²) in [5.41, 5.74) is -4.53. The minimum absolute atomic E-state index is 0.0836. The number of thiophene rings is 1. The lowest BCUT2D eigenvalue weighted by Gasteiger charge is -2.11. The van der Waals surface area contributed by atoms with Crippen molar-refractivity contribution >= 4 is 33.3 Å². The van der Waals surface area contributed by atoms with Gasteiger partial charge >= 0.3 is 11.2 Å². The maximum absolute atomic E-state index is 12.2. The Balaban J connectivity index is 2.52. The van der Waals surface area contributed by atoms with Gasteiger partial charge in [-0.25, -0.2) is 4.79 Å². The number of hydrogen-bond donors (Lipinski definition) is 0. The van der Waals surface area contributed by atoms with Crippen molar-refractivity contribution in [1.29, 1.82) is 0 Å². The van der Waals surface area contributed by atoms with Crippen molar-refractivity contribution in [2.45, 2.75) is 32.4 Å². The second kappa shape index (κ2) is 5.88. The molecule has 4 nitrogen and oxygen atoms in total. The van der Waals surface area contributed by atoms with E-state index in [1.807, 2.05) is 0 Å². The number of alkyl halides is 3. The summed E-state index contributed by atoms with van der Waals surface area (Å²) in [6, 6.07) is 0. The molecule has 116 valence electrons. The molecule has 0 aliphatic heterocycles. The Hall–Kier alpha value is -1.22. The van der Waals surface area contributed by atoms with Crippen molar-refractivity contribution in [3.05, 3.63) is 31.8 Å². The first kappa shape index (κ1) is 16.2. The molecule has 2 aromatic heterocycles. The molecule has 0 spiro atoms. The van der Waals surface area contributed by atoms with Crippen molar-refractivity contribution in [2.75, 3.05) is 5.75 Å². The quantitative estimate of drug-likeness (QED) is 0.861. The minimum Gasteiger partial charge on any atom is -0.283 e. The Morgan fingerprint density at radius 3 is 2.52 bits per heavy atom. The van der Waals surface area contributed by atoms with Crippen LogP contribution in [0.1, 0.15) is 12.5 Å². The van der Waals surface area contributed by atoms with Gasteiger partial charge in [0.2, 0.25) is 0 Å². The van der Waals surface area contributed by atoms with E-state index < -0.39 is 11.2 Å². The molecule has 2 aromatic rings. The fraction of sp³-hybridized carbons (Fsp3) is 0.500. The first-order valence-electron chi connectivity index (χ1n) is 6.18. The SMILES string of the molecule is CCn1c(=O)c2c(C)csc2n(CCSC(F)(F)F)c1=O. The molecule has 0 amide bonds. The van der Waals surface area contributed by atoms with Crippen molar-refractivity contribution in [3.63, 3.8) is 0 Å². The molecule has 2 rings (SSSR count). The van der Waals surface area contributed by atoms with E-state index in [9.17, 15) is 22.8 Å². The van der Waals surface area contributed by atoms with Crippen LogP contribution in [-0.2, 0) is 13.1 Å². The summed E-state index contributed by atoms with van der Waals surface area (Å²) >= 11 is 1.03. The standard InChI is InChI=1S/C12H13F3N2O2S2/c1-3-16-9(18)8-7(2)6-20-10(8)17(11(16)19)4-5-21-12(13,14)15/h6H,3-5H2,1-2H3. The van der Waals surface area contributed by atoms with Crippen molar-refractivity contribution in [1.82, 2.24) is 9.13 Å². The summed E-state index contributed by atoms with van der Waals surface area (Å²) in [7, 11) is 0. The lowest BCUT2D eigenvalue weighted by Crippen LogP contribution is -2.39. The highest BCUT2D eigenvalue weighted by molar-refractivity contribution is 8.00. The molecule has 0 radical (unpaired) electrons. The largest absolute Gasteiger partial charge is 0.441 e. The van der Waals surface area contributed by atoms with Gasteiger partial charge in [0.05, 0.1) is 5.39 Å². The lowest BCUT2D eigenvalue weighted by molar-refractivity contribution is -0.0328. The third kappa shape index (κ3) is 3.18. The zero-order valence-corrected chi connectivity index (χ0v) is 13.0. The number of fused-ring (bicyclic) bond motifs is 1.